The van der Waals surface area contributed by atoms with Crippen LogP contribution in [0.15, 0.2) is 41.4 Å². The fourth-order valence-electron chi connectivity index (χ4n) is 4.02. The van der Waals surface area contributed by atoms with Gasteiger partial charge in [0.2, 0.25) is 5.96 Å². The Labute approximate surface area is 161 Å². The van der Waals surface area contributed by atoms with E-state index >= 15 is 0 Å². The Morgan fingerprint density at radius 2 is 1.67 bits per heavy atom. The highest BCUT2D eigenvalue weighted by Gasteiger charge is 2.61. The van der Waals surface area contributed by atoms with E-state index in [-0.39, 0.29) is 12.5 Å². The van der Waals surface area contributed by atoms with Gasteiger partial charge in [-0.1, -0.05) is 29.8 Å². The van der Waals surface area contributed by atoms with E-state index in [1.165, 1.54) is 0 Å². The molecule has 0 spiro atoms. The maximum Gasteiger partial charge on any atom is 0.416 e. The molecule has 0 amide bonds. The zero-order valence-electron chi connectivity index (χ0n) is 15.2. The zero-order valence-corrected chi connectivity index (χ0v) is 16.0. The lowest BCUT2D eigenvalue weighted by Gasteiger charge is -2.27. The molecule has 2 aliphatic rings. The van der Waals surface area contributed by atoms with Gasteiger partial charge in [0.1, 0.15) is 0 Å². The Balaban J connectivity index is 1.96. The summed E-state index contributed by atoms with van der Waals surface area (Å²) in [6, 6.07) is 11.5. The summed E-state index contributed by atoms with van der Waals surface area (Å²) in [4.78, 5) is 7.62. The first-order valence-electron chi connectivity index (χ1n) is 8.65. The molecular weight excluding hydrogens is 375 g/mol. The van der Waals surface area contributed by atoms with Crippen molar-refractivity contribution in [3.8, 4) is 0 Å². The number of rotatable bonds is 2. The summed E-state index contributed by atoms with van der Waals surface area (Å²) in [5.41, 5.74) is 3.19. The summed E-state index contributed by atoms with van der Waals surface area (Å²) in [6.45, 7) is 5.62. The number of fused-ring (bicyclic) bond motifs is 3. The van der Waals surface area contributed by atoms with Crippen LogP contribution in [0.4, 0.5) is 30.2 Å². The maximum atomic E-state index is 13.8. The fraction of sp³-hybridized carbons (Fsp3) is 0.350. The van der Waals surface area contributed by atoms with Gasteiger partial charge in [0.25, 0.3) is 0 Å². The number of aliphatic imine (C=N–C) groups is 1. The largest absolute Gasteiger partial charge is 0.416 e. The van der Waals surface area contributed by atoms with E-state index in [2.05, 4.69) is 4.99 Å². The number of hydrogen-bond donors (Lipinski definition) is 0. The molecule has 2 aromatic carbocycles. The fourth-order valence-corrected chi connectivity index (χ4v) is 4.31. The molecule has 2 aromatic rings. The maximum absolute atomic E-state index is 13.8. The normalized spacial score (nSPS) is 21.4. The van der Waals surface area contributed by atoms with Gasteiger partial charge in [0, 0.05) is 0 Å². The predicted octanol–water partition coefficient (Wildman–Crippen LogP) is 5.48. The second-order valence-electron chi connectivity index (χ2n) is 7.23. The van der Waals surface area contributed by atoms with Gasteiger partial charge in [-0.25, -0.2) is 4.99 Å². The van der Waals surface area contributed by atoms with Crippen molar-refractivity contribution in [3.63, 3.8) is 0 Å². The van der Waals surface area contributed by atoms with Gasteiger partial charge in [0.15, 0.2) is 5.54 Å². The number of benzene rings is 2. The topological polar surface area (TPSA) is 18.8 Å². The molecule has 2 aliphatic heterocycles. The van der Waals surface area contributed by atoms with Crippen molar-refractivity contribution in [2.45, 2.75) is 32.5 Å². The summed E-state index contributed by atoms with van der Waals surface area (Å²) in [5, 5.41) is 0. The molecule has 3 nitrogen and oxygen atoms in total. The van der Waals surface area contributed by atoms with Crippen molar-refractivity contribution >= 4 is 34.6 Å². The molecule has 0 bridgehead atoms. The van der Waals surface area contributed by atoms with Gasteiger partial charge in [-0.15, -0.1) is 11.6 Å². The van der Waals surface area contributed by atoms with Crippen LogP contribution < -0.4 is 9.80 Å². The van der Waals surface area contributed by atoms with E-state index in [4.69, 9.17) is 11.6 Å². The molecule has 2 heterocycles. The number of aryl methyl sites for hydroxylation is 3. The second kappa shape index (κ2) is 5.89. The third kappa shape index (κ3) is 2.53. The van der Waals surface area contributed by atoms with Crippen LogP contribution in [0, 0.1) is 20.8 Å². The Morgan fingerprint density at radius 1 is 1.07 bits per heavy atom. The molecule has 27 heavy (non-hydrogen) atoms. The number of hydrogen-bond acceptors (Lipinski definition) is 3. The van der Waals surface area contributed by atoms with Gasteiger partial charge in [-0.05, 0) is 44.0 Å². The summed E-state index contributed by atoms with van der Waals surface area (Å²) in [6.07, 6.45) is -4.52. The standard InChI is InChI=1S/C20H19ClF3N3/c1-12-8-13(2)17(14(3)9-12)27-16-7-5-4-6-15(16)26-11-19(10-21,20(22,23)24)25-18(26)27/h4-9H,10-11H2,1-3H3. The number of anilines is 3. The molecule has 1 atom stereocenters. The second-order valence-corrected chi connectivity index (χ2v) is 7.50. The molecule has 0 N–H and O–H groups in total. The van der Waals surface area contributed by atoms with E-state index in [0.717, 1.165) is 28.1 Å². The van der Waals surface area contributed by atoms with Crippen LogP contribution in [0.3, 0.4) is 0 Å². The molecule has 0 aromatic heterocycles. The molecular formula is C20H19ClF3N3. The summed E-state index contributed by atoms with van der Waals surface area (Å²) >= 11 is 5.79. The van der Waals surface area contributed by atoms with Crippen molar-refractivity contribution in [1.29, 1.82) is 0 Å². The first-order valence-corrected chi connectivity index (χ1v) is 9.19. The van der Waals surface area contributed by atoms with E-state index in [0.29, 0.717) is 5.69 Å². The molecule has 0 fully saturated rings. The van der Waals surface area contributed by atoms with E-state index in [9.17, 15) is 13.2 Å². The monoisotopic (exact) mass is 393 g/mol. The van der Waals surface area contributed by atoms with Crippen molar-refractivity contribution in [3.05, 3.63) is 53.1 Å². The Bertz CT molecular complexity index is 931. The number of nitrogens with zero attached hydrogens (tertiary/aromatic N) is 3. The smallest absolute Gasteiger partial charge is 0.307 e. The van der Waals surface area contributed by atoms with Crippen LogP contribution in [0.5, 0.6) is 0 Å². The third-order valence-corrected chi connectivity index (χ3v) is 5.64. The Kier molecular flexibility index (Phi) is 3.97. The number of para-hydroxylation sites is 2. The highest BCUT2D eigenvalue weighted by atomic mass is 35.5. The SMILES string of the molecule is Cc1cc(C)c(N2C3=NC(CCl)(C(F)(F)F)CN3c3ccccc32)c(C)c1. The number of halogens is 4. The molecule has 0 radical (unpaired) electrons. The zero-order chi connectivity index (χ0) is 19.6. The number of guanidine groups is 1. The van der Waals surface area contributed by atoms with Crippen molar-refractivity contribution in [2.75, 3.05) is 22.2 Å². The summed E-state index contributed by atoms with van der Waals surface area (Å²) in [7, 11) is 0. The van der Waals surface area contributed by atoms with Crippen LogP contribution in [0.25, 0.3) is 0 Å². The van der Waals surface area contributed by atoms with Gasteiger partial charge in [-0.2, -0.15) is 13.2 Å². The minimum absolute atomic E-state index is 0.282. The van der Waals surface area contributed by atoms with Crippen LogP contribution in [-0.4, -0.2) is 30.1 Å². The Hall–Kier alpha value is -2.21. The lowest BCUT2D eigenvalue weighted by Crippen LogP contribution is -2.49. The molecule has 1 unspecified atom stereocenters. The minimum atomic E-state index is -4.52. The Morgan fingerprint density at radius 3 is 2.22 bits per heavy atom. The highest BCUT2D eigenvalue weighted by molar-refractivity contribution is 6.23. The van der Waals surface area contributed by atoms with Crippen molar-refractivity contribution < 1.29 is 13.2 Å². The third-order valence-electron chi connectivity index (χ3n) is 5.20. The lowest BCUT2D eigenvalue weighted by molar-refractivity contribution is -0.173. The van der Waals surface area contributed by atoms with E-state index < -0.39 is 17.6 Å². The van der Waals surface area contributed by atoms with E-state index in [1.807, 2.05) is 62.1 Å². The molecule has 142 valence electrons. The van der Waals surface area contributed by atoms with Crippen LogP contribution >= 0.6 is 11.6 Å². The van der Waals surface area contributed by atoms with Gasteiger partial charge >= 0.3 is 6.18 Å². The highest BCUT2D eigenvalue weighted by Crippen LogP contribution is 2.50. The first kappa shape index (κ1) is 18.2. The molecule has 4 rings (SSSR count). The van der Waals surface area contributed by atoms with Gasteiger partial charge in [0.05, 0.1) is 29.5 Å². The quantitative estimate of drug-likeness (QED) is 0.629. The number of alkyl halides is 4. The minimum Gasteiger partial charge on any atom is -0.307 e. The lowest BCUT2D eigenvalue weighted by atomic mass is 10.0. The summed E-state index contributed by atoms with van der Waals surface area (Å²) < 4.78 is 41.4. The van der Waals surface area contributed by atoms with Crippen molar-refractivity contribution in [2.24, 2.45) is 4.99 Å². The molecule has 0 saturated carbocycles. The van der Waals surface area contributed by atoms with Crippen molar-refractivity contribution in [1.82, 2.24) is 0 Å². The molecule has 7 heteroatoms. The van der Waals surface area contributed by atoms with E-state index in [1.54, 1.807) is 4.90 Å². The van der Waals surface area contributed by atoms with Gasteiger partial charge < -0.3 is 4.90 Å². The van der Waals surface area contributed by atoms with Crippen LogP contribution in [0.1, 0.15) is 16.7 Å². The predicted molar refractivity (Wildman–Crippen MR) is 104 cm³/mol. The average Bonchev–Trinajstić information content (AvgIpc) is 3.10. The molecule has 0 saturated heterocycles. The van der Waals surface area contributed by atoms with Crippen LogP contribution in [-0.2, 0) is 0 Å². The molecule has 0 aliphatic carbocycles. The summed E-state index contributed by atoms with van der Waals surface area (Å²) in [5.74, 6) is -0.331. The van der Waals surface area contributed by atoms with Crippen LogP contribution in [0.2, 0.25) is 0 Å². The van der Waals surface area contributed by atoms with Gasteiger partial charge in [-0.3, -0.25) is 4.90 Å². The average molecular weight is 394 g/mol. The first-order chi connectivity index (χ1) is 12.7.